The largest absolute Gasteiger partial charge is 0.369 e. The van der Waals surface area contributed by atoms with Gasteiger partial charge in [0.2, 0.25) is 15.9 Å². The first kappa shape index (κ1) is 15.0. The molecule has 110 valence electrons. The number of nitrogens with zero attached hydrogens (tertiary/aromatic N) is 1. The summed E-state index contributed by atoms with van der Waals surface area (Å²) in [5, 5.41) is 0. The molecule has 0 bridgehead atoms. The van der Waals surface area contributed by atoms with Crippen molar-refractivity contribution in [3.63, 3.8) is 0 Å². The number of aryl methyl sites for hydroxylation is 2. The standard InChI is InChI=1S/C14H20N2O3S/c1-10-5-6-11(2)13(8-10)20(18,19)16-7-3-4-12(9-16)14(15)17/h5-6,8,12H,3-4,7,9H2,1-2H3,(H2,15,17)/t12-/m0/s1. The van der Waals surface area contributed by atoms with Crippen LogP contribution in [0.4, 0.5) is 0 Å². The lowest BCUT2D eigenvalue weighted by Crippen LogP contribution is -2.44. The average Bonchev–Trinajstić information content (AvgIpc) is 2.41. The van der Waals surface area contributed by atoms with Crippen LogP contribution in [0.15, 0.2) is 23.1 Å². The highest BCUT2D eigenvalue weighted by Gasteiger charge is 2.33. The average molecular weight is 296 g/mol. The number of piperidine rings is 1. The Morgan fingerprint density at radius 2 is 2.05 bits per heavy atom. The van der Waals surface area contributed by atoms with Crippen molar-refractivity contribution in [2.24, 2.45) is 11.7 Å². The molecule has 1 aliphatic rings. The molecule has 1 aliphatic heterocycles. The van der Waals surface area contributed by atoms with Gasteiger partial charge in [-0.3, -0.25) is 4.79 Å². The molecule has 0 radical (unpaired) electrons. The number of benzene rings is 1. The lowest BCUT2D eigenvalue weighted by Gasteiger charge is -2.30. The quantitative estimate of drug-likeness (QED) is 0.909. The van der Waals surface area contributed by atoms with Crippen molar-refractivity contribution in [1.29, 1.82) is 0 Å². The van der Waals surface area contributed by atoms with Crippen molar-refractivity contribution < 1.29 is 13.2 Å². The lowest BCUT2D eigenvalue weighted by atomic mass is 9.99. The fourth-order valence-corrected chi connectivity index (χ4v) is 4.35. The Labute approximate surface area is 119 Å². The van der Waals surface area contributed by atoms with Gasteiger partial charge in [-0.1, -0.05) is 12.1 Å². The molecule has 2 rings (SSSR count). The molecule has 2 N–H and O–H groups in total. The van der Waals surface area contributed by atoms with Gasteiger partial charge in [0.25, 0.3) is 0 Å². The predicted molar refractivity (Wildman–Crippen MR) is 76.6 cm³/mol. The van der Waals surface area contributed by atoms with E-state index in [0.717, 1.165) is 11.1 Å². The van der Waals surface area contributed by atoms with Crippen molar-refractivity contribution in [1.82, 2.24) is 4.31 Å². The molecule has 0 aromatic heterocycles. The number of primary amides is 1. The number of carbonyl (C=O) groups is 1. The molecule has 1 fully saturated rings. The number of sulfonamides is 1. The second kappa shape index (κ2) is 5.54. The number of amides is 1. The van der Waals surface area contributed by atoms with E-state index in [1.807, 2.05) is 13.0 Å². The number of hydrogen-bond acceptors (Lipinski definition) is 3. The molecule has 1 amide bonds. The Morgan fingerprint density at radius 3 is 2.70 bits per heavy atom. The lowest BCUT2D eigenvalue weighted by molar-refractivity contribution is -0.122. The van der Waals surface area contributed by atoms with Crippen molar-refractivity contribution >= 4 is 15.9 Å². The summed E-state index contributed by atoms with van der Waals surface area (Å²) in [4.78, 5) is 11.6. The van der Waals surface area contributed by atoms with Gasteiger partial charge in [-0.15, -0.1) is 0 Å². The van der Waals surface area contributed by atoms with Gasteiger partial charge in [-0.05, 0) is 43.9 Å². The normalized spacial score (nSPS) is 20.8. The van der Waals surface area contributed by atoms with Crippen LogP contribution >= 0.6 is 0 Å². The molecule has 1 saturated heterocycles. The summed E-state index contributed by atoms with van der Waals surface area (Å²) >= 11 is 0. The van der Waals surface area contributed by atoms with Crippen LogP contribution in [0.2, 0.25) is 0 Å². The van der Waals surface area contributed by atoms with Crippen LogP contribution in [0.3, 0.4) is 0 Å². The third-order valence-electron chi connectivity index (χ3n) is 3.75. The Kier molecular flexibility index (Phi) is 4.15. The van der Waals surface area contributed by atoms with E-state index < -0.39 is 15.9 Å². The van der Waals surface area contributed by atoms with Gasteiger partial charge >= 0.3 is 0 Å². The molecule has 0 saturated carbocycles. The van der Waals surface area contributed by atoms with Gasteiger partial charge in [0.1, 0.15) is 0 Å². The highest BCUT2D eigenvalue weighted by Crippen LogP contribution is 2.26. The molecule has 1 heterocycles. The summed E-state index contributed by atoms with van der Waals surface area (Å²) in [6.07, 6.45) is 1.33. The third kappa shape index (κ3) is 2.86. The van der Waals surface area contributed by atoms with E-state index >= 15 is 0 Å². The smallest absolute Gasteiger partial charge is 0.243 e. The molecular formula is C14H20N2O3S. The zero-order chi connectivity index (χ0) is 14.9. The Morgan fingerprint density at radius 1 is 1.35 bits per heavy atom. The van der Waals surface area contributed by atoms with Crippen LogP contribution in [-0.2, 0) is 14.8 Å². The maximum absolute atomic E-state index is 12.7. The first-order chi connectivity index (χ1) is 9.32. The van der Waals surface area contributed by atoms with Gasteiger partial charge in [0.15, 0.2) is 0 Å². The fraction of sp³-hybridized carbons (Fsp3) is 0.500. The highest BCUT2D eigenvalue weighted by atomic mass is 32.2. The molecule has 1 atom stereocenters. The predicted octanol–water partition coefficient (Wildman–Crippen LogP) is 1.19. The molecule has 20 heavy (non-hydrogen) atoms. The zero-order valence-corrected chi connectivity index (χ0v) is 12.6. The maximum atomic E-state index is 12.7. The molecule has 0 unspecified atom stereocenters. The van der Waals surface area contributed by atoms with Crippen LogP contribution in [0.25, 0.3) is 0 Å². The summed E-state index contributed by atoms with van der Waals surface area (Å²) in [5.41, 5.74) is 6.92. The van der Waals surface area contributed by atoms with Crippen LogP contribution in [0.5, 0.6) is 0 Å². The van der Waals surface area contributed by atoms with Crippen molar-refractivity contribution in [2.75, 3.05) is 13.1 Å². The molecule has 6 heteroatoms. The Bertz CT molecular complexity index is 625. The van der Waals surface area contributed by atoms with E-state index in [1.165, 1.54) is 4.31 Å². The first-order valence-corrected chi connectivity index (χ1v) is 8.13. The fourth-order valence-electron chi connectivity index (χ4n) is 2.52. The van der Waals surface area contributed by atoms with Crippen LogP contribution in [0, 0.1) is 19.8 Å². The zero-order valence-electron chi connectivity index (χ0n) is 11.8. The Balaban J connectivity index is 2.35. The minimum absolute atomic E-state index is 0.186. The highest BCUT2D eigenvalue weighted by molar-refractivity contribution is 7.89. The van der Waals surface area contributed by atoms with Crippen molar-refractivity contribution in [3.8, 4) is 0 Å². The van der Waals surface area contributed by atoms with E-state index in [1.54, 1.807) is 19.1 Å². The summed E-state index contributed by atoms with van der Waals surface area (Å²) in [6, 6.07) is 5.37. The van der Waals surface area contributed by atoms with Gasteiger partial charge in [0.05, 0.1) is 10.8 Å². The van der Waals surface area contributed by atoms with E-state index in [9.17, 15) is 13.2 Å². The number of rotatable bonds is 3. The topological polar surface area (TPSA) is 80.5 Å². The minimum atomic E-state index is -3.56. The number of carbonyl (C=O) groups excluding carboxylic acids is 1. The van der Waals surface area contributed by atoms with E-state index in [4.69, 9.17) is 5.73 Å². The summed E-state index contributed by atoms with van der Waals surface area (Å²) in [6.45, 7) is 4.27. The van der Waals surface area contributed by atoms with Crippen LogP contribution in [-0.4, -0.2) is 31.7 Å². The van der Waals surface area contributed by atoms with Gasteiger partial charge in [-0.2, -0.15) is 4.31 Å². The SMILES string of the molecule is Cc1ccc(C)c(S(=O)(=O)N2CCC[C@H](C(N)=O)C2)c1. The minimum Gasteiger partial charge on any atom is -0.369 e. The monoisotopic (exact) mass is 296 g/mol. The maximum Gasteiger partial charge on any atom is 0.243 e. The molecule has 0 aliphatic carbocycles. The second-order valence-electron chi connectivity index (χ2n) is 5.37. The number of nitrogens with two attached hydrogens (primary N) is 1. The molecule has 1 aromatic rings. The van der Waals surface area contributed by atoms with Crippen molar-refractivity contribution in [3.05, 3.63) is 29.3 Å². The summed E-state index contributed by atoms with van der Waals surface area (Å²) in [5.74, 6) is -0.811. The Hall–Kier alpha value is -1.40. The molecule has 0 spiro atoms. The van der Waals surface area contributed by atoms with E-state index in [0.29, 0.717) is 24.3 Å². The summed E-state index contributed by atoms with van der Waals surface area (Å²) < 4.78 is 26.8. The van der Waals surface area contributed by atoms with Crippen LogP contribution in [0.1, 0.15) is 24.0 Å². The molecule has 5 nitrogen and oxygen atoms in total. The van der Waals surface area contributed by atoms with Gasteiger partial charge in [-0.25, -0.2) is 8.42 Å². The summed E-state index contributed by atoms with van der Waals surface area (Å²) in [7, 11) is -3.56. The molecular weight excluding hydrogens is 276 g/mol. The van der Waals surface area contributed by atoms with E-state index in [2.05, 4.69) is 0 Å². The molecule has 1 aromatic carbocycles. The van der Waals surface area contributed by atoms with Crippen LogP contribution < -0.4 is 5.73 Å². The van der Waals surface area contributed by atoms with Crippen molar-refractivity contribution in [2.45, 2.75) is 31.6 Å². The van der Waals surface area contributed by atoms with Gasteiger partial charge in [0, 0.05) is 13.1 Å². The third-order valence-corrected chi connectivity index (χ3v) is 5.76. The second-order valence-corrected chi connectivity index (χ2v) is 7.28. The van der Waals surface area contributed by atoms with Gasteiger partial charge < -0.3 is 5.73 Å². The first-order valence-electron chi connectivity index (χ1n) is 6.69. The van der Waals surface area contributed by atoms with E-state index in [-0.39, 0.29) is 12.5 Å². The number of hydrogen-bond donors (Lipinski definition) is 1.